The number of nitrogens with two attached hydrogens (primary N) is 1. The van der Waals surface area contributed by atoms with Crippen molar-refractivity contribution in [2.75, 3.05) is 0 Å². The van der Waals surface area contributed by atoms with Crippen molar-refractivity contribution in [1.82, 2.24) is 0 Å². The van der Waals surface area contributed by atoms with E-state index in [2.05, 4.69) is 24.3 Å². The third-order valence-electron chi connectivity index (χ3n) is 1.07. The van der Waals surface area contributed by atoms with Crippen molar-refractivity contribution in [2.45, 2.75) is 11.9 Å². The molecule has 10 heavy (non-hydrogen) atoms. The number of rotatable bonds is 2. The van der Waals surface area contributed by atoms with Gasteiger partial charge < -0.3 is 0 Å². The minimum absolute atomic E-state index is 0.329. The molecular formula is C8H11NSe. The van der Waals surface area contributed by atoms with Crippen LogP contribution in [0.15, 0.2) is 30.3 Å². The zero-order valence-corrected chi connectivity index (χ0v) is 7.66. The Hall–Kier alpha value is -0.301. The van der Waals surface area contributed by atoms with Crippen LogP contribution < -0.4 is 10.2 Å². The van der Waals surface area contributed by atoms with Crippen molar-refractivity contribution in [3.8, 4) is 0 Å². The second-order valence-corrected chi connectivity index (χ2v) is 5.18. The van der Waals surface area contributed by atoms with E-state index >= 15 is 0 Å². The predicted octanol–water partition coefficient (Wildman–Crippen LogP) is 0.321. The fraction of sp³-hybridized carbons (Fsp3) is 0.250. The maximum absolute atomic E-state index is 5.65. The summed E-state index contributed by atoms with van der Waals surface area (Å²) in [4.78, 5) is 0.329. The second-order valence-electron chi connectivity index (χ2n) is 2.14. The Balaban J connectivity index is 2.59. The third kappa shape index (κ3) is 2.52. The van der Waals surface area contributed by atoms with Gasteiger partial charge in [-0.05, 0) is 0 Å². The molecule has 1 nitrogen and oxygen atoms in total. The summed E-state index contributed by atoms with van der Waals surface area (Å²) >= 11 is 0.446. The molecule has 1 rings (SSSR count). The van der Waals surface area contributed by atoms with Crippen molar-refractivity contribution in [2.24, 2.45) is 5.73 Å². The van der Waals surface area contributed by atoms with Crippen molar-refractivity contribution in [3.63, 3.8) is 0 Å². The molecule has 0 aromatic heterocycles. The Morgan fingerprint density at radius 3 is 2.40 bits per heavy atom. The molecule has 0 saturated heterocycles. The van der Waals surface area contributed by atoms with Crippen LogP contribution in [0.3, 0.4) is 0 Å². The van der Waals surface area contributed by atoms with Crippen LogP contribution in [0.1, 0.15) is 6.92 Å². The zero-order valence-electron chi connectivity index (χ0n) is 5.95. The Morgan fingerprint density at radius 2 is 1.90 bits per heavy atom. The van der Waals surface area contributed by atoms with Gasteiger partial charge in [0.15, 0.2) is 0 Å². The Bertz CT molecular complexity index is 184. The van der Waals surface area contributed by atoms with Crippen LogP contribution in [0.5, 0.6) is 0 Å². The van der Waals surface area contributed by atoms with Gasteiger partial charge in [0.05, 0.1) is 0 Å². The fourth-order valence-corrected chi connectivity index (χ4v) is 2.27. The van der Waals surface area contributed by atoms with Crippen LogP contribution in [0.2, 0.25) is 0 Å². The predicted molar refractivity (Wildman–Crippen MR) is 45.5 cm³/mol. The molecule has 1 aromatic rings. The summed E-state index contributed by atoms with van der Waals surface area (Å²) in [6, 6.07) is 10.4. The van der Waals surface area contributed by atoms with E-state index in [0.717, 1.165) is 0 Å². The summed E-state index contributed by atoms with van der Waals surface area (Å²) in [7, 11) is 0. The molecule has 0 fully saturated rings. The van der Waals surface area contributed by atoms with E-state index < -0.39 is 0 Å². The van der Waals surface area contributed by atoms with Crippen molar-refractivity contribution in [1.29, 1.82) is 0 Å². The summed E-state index contributed by atoms with van der Waals surface area (Å²) in [5.74, 6) is 0. The molecule has 0 radical (unpaired) electrons. The molecule has 0 spiro atoms. The first-order valence-electron chi connectivity index (χ1n) is 3.26. The SMILES string of the molecule is CC(N)[Se]c1ccccc1. The van der Waals surface area contributed by atoms with Gasteiger partial charge in [-0.2, -0.15) is 0 Å². The van der Waals surface area contributed by atoms with Gasteiger partial charge in [0.1, 0.15) is 0 Å². The molecule has 0 saturated carbocycles. The summed E-state index contributed by atoms with van der Waals surface area (Å²) in [5, 5.41) is 0. The van der Waals surface area contributed by atoms with Crippen molar-refractivity contribution >= 4 is 19.4 Å². The molecule has 0 aliphatic carbocycles. The minimum atomic E-state index is 0.329. The molecular weight excluding hydrogens is 189 g/mol. The standard InChI is InChI=1S/C8H11NSe/c1-7(9)10-8-5-3-2-4-6-8/h2-7H,9H2,1H3. The molecule has 1 unspecified atom stereocenters. The zero-order chi connectivity index (χ0) is 7.40. The van der Waals surface area contributed by atoms with Crippen molar-refractivity contribution < 1.29 is 0 Å². The molecule has 2 heteroatoms. The summed E-state index contributed by atoms with van der Waals surface area (Å²) in [5.41, 5.74) is 5.65. The number of benzene rings is 1. The number of hydrogen-bond donors (Lipinski definition) is 1. The van der Waals surface area contributed by atoms with Gasteiger partial charge >= 0.3 is 67.3 Å². The first kappa shape index (κ1) is 7.80. The Kier molecular flexibility index (Phi) is 2.94. The molecule has 2 N–H and O–H groups in total. The Morgan fingerprint density at radius 1 is 1.30 bits per heavy atom. The van der Waals surface area contributed by atoms with Gasteiger partial charge in [0, 0.05) is 0 Å². The maximum atomic E-state index is 5.65. The van der Waals surface area contributed by atoms with Gasteiger partial charge in [-0.3, -0.25) is 0 Å². The van der Waals surface area contributed by atoms with Crippen LogP contribution >= 0.6 is 0 Å². The van der Waals surface area contributed by atoms with Crippen LogP contribution in [-0.2, 0) is 0 Å². The van der Waals surface area contributed by atoms with Gasteiger partial charge in [0.2, 0.25) is 0 Å². The van der Waals surface area contributed by atoms with E-state index in [0.29, 0.717) is 19.9 Å². The normalized spacial score (nSPS) is 13.0. The summed E-state index contributed by atoms with van der Waals surface area (Å²) in [6.07, 6.45) is 0. The Labute approximate surface area is 67.8 Å². The van der Waals surface area contributed by atoms with E-state index in [1.165, 1.54) is 4.46 Å². The van der Waals surface area contributed by atoms with Gasteiger partial charge in [-0.25, -0.2) is 0 Å². The molecule has 54 valence electrons. The average molecular weight is 200 g/mol. The fourth-order valence-electron chi connectivity index (χ4n) is 0.714. The van der Waals surface area contributed by atoms with Crippen molar-refractivity contribution in [3.05, 3.63) is 30.3 Å². The molecule has 1 aromatic carbocycles. The van der Waals surface area contributed by atoms with Crippen LogP contribution in [-0.4, -0.2) is 19.9 Å². The third-order valence-corrected chi connectivity index (χ3v) is 2.99. The van der Waals surface area contributed by atoms with Crippen LogP contribution in [0.25, 0.3) is 0 Å². The quantitative estimate of drug-likeness (QED) is 0.683. The molecule has 0 aliphatic rings. The first-order chi connectivity index (χ1) is 4.79. The summed E-state index contributed by atoms with van der Waals surface area (Å²) < 4.78 is 1.38. The monoisotopic (exact) mass is 201 g/mol. The molecule has 0 bridgehead atoms. The van der Waals surface area contributed by atoms with E-state index in [-0.39, 0.29) is 0 Å². The topological polar surface area (TPSA) is 26.0 Å². The molecule has 0 aliphatic heterocycles. The molecule has 1 atom stereocenters. The van der Waals surface area contributed by atoms with E-state index in [4.69, 9.17) is 5.73 Å². The number of hydrogen-bond acceptors (Lipinski definition) is 1. The molecule has 0 amide bonds. The van der Waals surface area contributed by atoms with Gasteiger partial charge in [-0.1, -0.05) is 0 Å². The van der Waals surface area contributed by atoms with E-state index in [9.17, 15) is 0 Å². The summed E-state index contributed by atoms with van der Waals surface area (Å²) in [6.45, 7) is 2.05. The van der Waals surface area contributed by atoms with Crippen LogP contribution in [0.4, 0.5) is 0 Å². The van der Waals surface area contributed by atoms with E-state index in [1.807, 2.05) is 13.0 Å². The van der Waals surface area contributed by atoms with Gasteiger partial charge in [-0.15, -0.1) is 0 Å². The van der Waals surface area contributed by atoms with Crippen LogP contribution in [0, 0.1) is 0 Å². The molecule has 0 heterocycles. The van der Waals surface area contributed by atoms with E-state index in [1.54, 1.807) is 0 Å². The second kappa shape index (κ2) is 3.77. The first-order valence-corrected chi connectivity index (χ1v) is 5.11. The average Bonchev–Trinajstić information content (AvgIpc) is 1.88. The van der Waals surface area contributed by atoms with Gasteiger partial charge in [0.25, 0.3) is 0 Å².